The quantitative estimate of drug-likeness (QED) is 0.205. The van der Waals surface area contributed by atoms with Crippen LogP contribution in [0, 0.1) is 11.6 Å². The van der Waals surface area contributed by atoms with Crippen molar-refractivity contribution in [3.05, 3.63) is 89.5 Å². The van der Waals surface area contributed by atoms with Crippen molar-refractivity contribution in [2.24, 2.45) is 0 Å². The van der Waals surface area contributed by atoms with E-state index in [0.29, 0.717) is 77.0 Å². The molecule has 6 heterocycles. The number of rotatable bonds is 7. The molecule has 4 aromatic heterocycles. The molecule has 1 amide bonds. The Balaban J connectivity index is 1.33. The number of nitrogens with one attached hydrogen (secondary N) is 1. The number of anilines is 1. The van der Waals surface area contributed by atoms with Crippen molar-refractivity contribution >= 4 is 43.8 Å². The predicted molar refractivity (Wildman–Crippen MR) is 189 cm³/mol. The fourth-order valence-electron chi connectivity index (χ4n) is 7.31. The molecule has 14 heteroatoms. The van der Waals surface area contributed by atoms with Crippen molar-refractivity contribution in [3.8, 4) is 34.0 Å². The lowest BCUT2D eigenvalue weighted by atomic mass is 9.96. The van der Waals surface area contributed by atoms with Gasteiger partial charge in [-0.25, -0.2) is 26.6 Å². The molecule has 1 fully saturated rings. The number of sulfonamides is 1. The van der Waals surface area contributed by atoms with Gasteiger partial charge in [0.15, 0.2) is 5.82 Å². The molecule has 0 bridgehead atoms. The van der Waals surface area contributed by atoms with Gasteiger partial charge in [0, 0.05) is 50.2 Å². The molecule has 10 nitrogen and oxygen atoms in total. The van der Waals surface area contributed by atoms with Gasteiger partial charge in [-0.1, -0.05) is 12.1 Å². The Hall–Kier alpha value is -5.21. The number of aromatic nitrogens is 3. The van der Waals surface area contributed by atoms with Gasteiger partial charge in [-0.2, -0.15) is 4.98 Å². The van der Waals surface area contributed by atoms with Crippen LogP contribution < -0.4 is 9.62 Å². The first-order valence-electron chi connectivity index (χ1n) is 16.5. The van der Waals surface area contributed by atoms with Crippen LogP contribution in [0.3, 0.4) is 0 Å². The van der Waals surface area contributed by atoms with Crippen LogP contribution in [0.15, 0.2) is 71.1 Å². The van der Waals surface area contributed by atoms with E-state index in [1.165, 1.54) is 44.4 Å². The molecule has 1 saturated heterocycles. The van der Waals surface area contributed by atoms with E-state index in [1.807, 2.05) is 12.1 Å². The number of pyridine rings is 2. The molecular formula is C37H33F3N6O4S. The van der Waals surface area contributed by atoms with E-state index in [1.54, 1.807) is 24.3 Å². The first-order chi connectivity index (χ1) is 24.4. The highest BCUT2D eigenvalue weighted by Gasteiger charge is 2.33. The number of amides is 1. The minimum Gasteiger partial charge on any atom is -0.437 e. The zero-order valence-corrected chi connectivity index (χ0v) is 28.8. The minimum atomic E-state index is -3.84. The van der Waals surface area contributed by atoms with Gasteiger partial charge in [0.2, 0.25) is 15.7 Å². The molecule has 0 radical (unpaired) electrons. The number of fused-ring (bicyclic) bond motifs is 6. The number of furan rings is 1. The first kappa shape index (κ1) is 33.0. The summed E-state index contributed by atoms with van der Waals surface area (Å²) in [6, 6.07) is 17.3. The highest BCUT2D eigenvalue weighted by atomic mass is 32.2. The van der Waals surface area contributed by atoms with E-state index in [9.17, 15) is 22.0 Å². The fourth-order valence-corrected chi connectivity index (χ4v) is 7.76. The van der Waals surface area contributed by atoms with Crippen molar-refractivity contribution in [2.45, 2.75) is 25.1 Å². The Labute approximate surface area is 291 Å². The molecule has 0 spiro atoms. The topological polar surface area (TPSA) is 114 Å². The van der Waals surface area contributed by atoms with Crippen molar-refractivity contribution in [2.75, 3.05) is 44.3 Å². The van der Waals surface area contributed by atoms with Gasteiger partial charge in [-0.05, 0) is 73.0 Å². The fraction of sp³-hybridized carbons (Fsp3) is 0.270. The molecule has 8 rings (SSSR count). The number of nitrogens with zero attached hydrogens (tertiary/aromatic N) is 5. The number of likely N-dealkylation sites (tertiary alicyclic amines) is 1. The number of alkyl halides is 1. The summed E-state index contributed by atoms with van der Waals surface area (Å²) in [5.41, 5.74) is 4.08. The third kappa shape index (κ3) is 5.62. The Bertz CT molecular complexity index is 2480. The third-order valence-electron chi connectivity index (χ3n) is 9.85. The predicted octanol–water partition coefficient (Wildman–Crippen LogP) is 6.35. The lowest BCUT2D eigenvalue weighted by Crippen LogP contribution is -2.32. The average molecular weight is 715 g/mol. The largest absolute Gasteiger partial charge is 0.437 e. The van der Waals surface area contributed by atoms with E-state index in [0.717, 1.165) is 16.1 Å². The summed E-state index contributed by atoms with van der Waals surface area (Å²) >= 11 is 0. The van der Waals surface area contributed by atoms with Crippen molar-refractivity contribution in [1.29, 1.82) is 0 Å². The number of hydrogen-bond acceptors (Lipinski definition) is 7. The van der Waals surface area contributed by atoms with E-state index >= 15 is 4.39 Å². The molecule has 262 valence electrons. The van der Waals surface area contributed by atoms with Crippen LogP contribution >= 0.6 is 0 Å². The van der Waals surface area contributed by atoms with Crippen LogP contribution in [-0.4, -0.2) is 79.9 Å². The third-order valence-corrected chi connectivity index (χ3v) is 11.0. The lowest BCUT2D eigenvalue weighted by Gasteiger charge is -2.32. The highest BCUT2D eigenvalue weighted by molar-refractivity contribution is 7.92. The van der Waals surface area contributed by atoms with Crippen LogP contribution in [-0.2, 0) is 16.4 Å². The average Bonchev–Trinajstić information content (AvgIpc) is 3.82. The Morgan fingerprint density at radius 3 is 2.55 bits per heavy atom. The molecule has 2 aliphatic rings. The molecule has 6 aromatic rings. The van der Waals surface area contributed by atoms with Crippen LogP contribution in [0.4, 0.5) is 19.0 Å². The summed E-state index contributed by atoms with van der Waals surface area (Å²) in [6.45, 7) is 1.58. The number of carbonyl (C=O) groups is 1. The van der Waals surface area contributed by atoms with Crippen molar-refractivity contribution in [1.82, 2.24) is 24.8 Å². The first-order valence-corrected chi connectivity index (χ1v) is 18.3. The summed E-state index contributed by atoms with van der Waals surface area (Å²) in [7, 11) is -1.01. The molecule has 2 aromatic carbocycles. The van der Waals surface area contributed by atoms with Crippen molar-refractivity contribution < 1.29 is 30.8 Å². The SMILES string of the molecule is CNC(=O)c1c(-c2ccc(F)cc2)oc2nc(N(C)S(C)(=O)=O)c(-c3ccc4c(n3)-c3cc5c(F)cccc5n3C(CN3CC[C@@H](F)C3)C4)cc12. The summed E-state index contributed by atoms with van der Waals surface area (Å²) in [5.74, 6) is -1.19. The van der Waals surface area contributed by atoms with E-state index in [4.69, 9.17) is 9.40 Å². The molecule has 0 saturated carbocycles. The number of halogens is 3. The zero-order valence-electron chi connectivity index (χ0n) is 28.0. The number of benzene rings is 2. The highest BCUT2D eigenvalue weighted by Crippen LogP contribution is 2.43. The standard InChI is InChI=1S/C37H33F3N6O4S/c1-41-36(47)32-27-16-26(35(44(2)51(3,48)49)43-37(27)50-34(32)20-7-10-22(38)11-8-20)29-12-9-21-15-24(19-45-14-13-23(39)18-45)46-30-6-4-5-28(40)25(30)17-31(46)33(21)42-29/h4-12,16-17,23-24H,13-15,18-19H2,1-3H3,(H,41,47)/t23-,24?/m1/s1. The van der Waals surface area contributed by atoms with Crippen molar-refractivity contribution in [3.63, 3.8) is 0 Å². The molecular weight excluding hydrogens is 682 g/mol. The van der Waals surface area contributed by atoms with Gasteiger partial charge >= 0.3 is 0 Å². The van der Waals surface area contributed by atoms with Gasteiger partial charge < -0.3 is 14.3 Å². The molecule has 1 unspecified atom stereocenters. The molecule has 1 N–H and O–H groups in total. The lowest BCUT2D eigenvalue weighted by molar-refractivity contribution is 0.0964. The van der Waals surface area contributed by atoms with Crippen LogP contribution in [0.2, 0.25) is 0 Å². The summed E-state index contributed by atoms with van der Waals surface area (Å²) in [6.07, 6.45) is 1.21. The maximum absolute atomic E-state index is 15.2. The number of carbonyl (C=O) groups excluding carboxylic acids is 1. The van der Waals surface area contributed by atoms with Crippen LogP contribution in [0.5, 0.6) is 0 Å². The zero-order chi connectivity index (χ0) is 35.8. The van der Waals surface area contributed by atoms with E-state index in [-0.39, 0.29) is 34.7 Å². The second kappa shape index (κ2) is 12.2. The van der Waals surface area contributed by atoms with Gasteiger partial charge in [-0.15, -0.1) is 0 Å². The van der Waals surface area contributed by atoms with Gasteiger partial charge in [0.25, 0.3) is 5.91 Å². The van der Waals surface area contributed by atoms with Crippen LogP contribution in [0.1, 0.15) is 28.4 Å². The Kier molecular flexibility index (Phi) is 7.91. The minimum absolute atomic E-state index is 0.00370. The Morgan fingerprint density at radius 2 is 1.84 bits per heavy atom. The van der Waals surface area contributed by atoms with Crippen LogP contribution in [0.25, 0.3) is 56.0 Å². The van der Waals surface area contributed by atoms with Gasteiger partial charge in [0.05, 0.1) is 45.8 Å². The maximum Gasteiger partial charge on any atom is 0.255 e. The summed E-state index contributed by atoms with van der Waals surface area (Å²) in [5, 5.41) is 3.35. The molecule has 2 atom stereocenters. The molecule has 2 aliphatic heterocycles. The number of hydrogen-bond donors (Lipinski definition) is 1. The van der Waals surface area contributed by atoms with Gasteiger partial charge in [-0.3, -0.25) is 14.0 Å². The second-order valence-electron chi connectivity index (χ2n) is 13.1. The molecule has 51 heavy (non-hydrogen) atoms. The summed E-state index contributed by atoms with van der Waals surface area (Å²) < 4.78 is 78.3. The molecule has 0 aliphatic carbocycles. The van der Waals surface area contributed by atoms with Gasteiger partial charge in [0.1, 0.15) is 23.6 Å². The normalized spacial score (nSPS) is 17.5. The summed E-state index contributed by atoms with van der Waals surface area (Å²) in [4.78, 5) is 25.1. The van der Waals surface area contributed by atoms with E-state index in [2.05, 4.69) is 19.8 Å². The monoisotopic (exact) mass is 714 g/mol. The van der Waals surface area contributed by atoms with E-state index < -0.39 is 27.9 Å². The maximum atomic E-state index is 15.2. The second-order valence-corrected chi connectivity index (χ2v) is 15.1. The smallest absolute Gasteiger partial charge is 0.255 e. The Morgan fingerprint density at radius 1 is 1.06 bits per heavy atom.